The Kier molecular flexibility index (Phi) is 15.5. The van der Waals surface area contributed by atoms with E-state index in [2.05, 4.69) is 293 Å². The molecule has 9 aromatic carbocycles. The molecule has 0 bridgehead atoms. The van der Waals surface area contributed by atoms with E-state index in [1.54, 1.807) is 0 Å². The number of rotatable bonds is 9. The monoisotopic (exact) mass is 1190 g/mol. The first-order valence-electron chi connectivity index (χ1n) is 34.2. The third-order valence-electron chi connectivity index (χ3n) is 20.6. The molecule has 10 aromatic rings. The van der Waals surface area contributed by atoms with Crippen LogP contribution in [-0.2, 0) is 21.7 Å². The van der Waals surface area contributed by atoms with Crippen molar-refractivity contribution in [3.8, 4) is 56.2 Å². The SMILES string of the molecule is CC(C)(C)c1cc(-c2cc(-c3cc4c5c(c3)N(c3ccc(-c6ccccc6)cc3)c3ccc(C6CCCCC6)cc3B5c3cc(C5CCCCC5)ccc3N4c3ccc(-c4ccccc4)cc3)nc(-c3cc(C(C)(C)C)cc(C(C)(C)C)c3)n2)cc(C(C)(C)C)c1. The van der Waals surface area contributed by atoms with Gasteiger partial charge in [0.1, 0.15) is 0 Å². The summed E-state index contributed by atoms with van der Waals surface area (Å²) < 4.78 is 0. The highest BCUT2D eigenvalue weighted by atomic mass is 15.2. The average Bonchev–Trinajstić information content (AvgIpc) is 0.699. The Balaban J connectivity index is 1.08. The third kappa shape index (κ3) is 11.8. The lowest BCUT2D eigenvalue weighted by molar-refractivity contribution is 0.444. The summed E-state index contributed by atoms with van der Waals surface area (Å²) >= 11 is 0. The number of anilines is 6. The summed E-state index contributed by atoms with van der Waals surface area (Å²) in [4.78, 5) is 16.9. The second-order valence-electron chi connectivity index (χ2n) is 31.2. The maximum atomic E-state index is 5.90. The standard InChI is InChI=1S/C86H91BN4/c1-83(2,3)67-45-64(46-68(53-67)84(4,5)6)75-55-76(89-82(88-75)66-47-69(85(7,8)9)54-70(48-66)86(10,11)12)65-51-79-81-80(52-65)91(72-41-35-61(36-42-72)57-27-19-14-20-28-57)78-44-38-63(59-31-23-16-24-32-59)50-74(78)87(81)73-49-62(58-29-21-15-22-30-58)37-43-77(73)90(79)71-39-33-60(34-40-71)56-25-17-13-18-26-56/h13-14,17-20,25-28,33-55,58-59H,15-16,21-24,29-32H2,1-12H3. The Bertz CT molecular complexity index is 3990. The molecule has 458 valence electrons. The zero-order chi connectivity index (χ0) is 63.1. The number of hydrogen-bond acceptors (Lipinski definition) is 4. The summed E-state index contributed by atoms with van der Waals surface area (Å²) in [6.45, 7) is 27.9. The molecule has 1 aromatic heterocycles. The molecule has 0 N–H and O–H groups in total. The molecule has 4 nitrogen and oxygen atoms in total. The minimum atomic E-state index is -0.108. The Labute approximate surface area is 544 Å². The van der Waals surface area contributed by atoms with Crippen LogP contribution in [0.15, 0.2) is 200 Å². The first-order chi connectivity index (χ1) is 43.6. The Morgan fingerprint density at radius 1 is 0.319 bits per heavy atom. The highest BCUT2D eigenvalue weighted by Crippen LogP contribution is 2.49. The van der Waals surface area contributed by atoms with Gasteiger partial charge in [0.05, 0.1) is 11.4 Å². The molecule has 0 saturated heterocycles. The highest BCUT2D eigenvalue weighted by molar-refractivity contribution is 7.00. The number of hydrogen-bond donors (Lipinski definition) is 0. The van der Waals surface area contributed by atoms with Crippen molar-refractivity contribution in [3.05, 3.63) is 234 Å². The molecule has 0 radical (unpaired) electrons. The van der Waals surface area contributed by atoms with Crippen molar-refractivity contribution in [2.24, 2.45) is 0 Å². The average molecular weight is 1190 g/mol. The van der Waals surface area contributed by atoms with Crippen LogP contribution in [0.5, 0.6) is 0 Å². The molecule has 3 heterocycles. The van der Waals surface area contributed by atoms with Gasteiger partial charge in [0, 0.05) is 50.8 Å². The Hall–Kier alpha value is -8.28. The second kappa shape index (κ2) is 23.4. The summed E-state index contributed by atoms with van der Waals surface area (Å²) in [6.07, 6.45) is 12.8. The molecule has 2 saturated carbocycles. The van der Waals surface area contributed by atoms with Crippen LogP contribution in [0.25, 0.3) is 56.2 Å². The second-order valence-corrected chi connectivity index (χ2v) is 31.2. The van der Waals surface area contributed by atoms with Crippen LogP contribution in [-0.4, -0.2) is 16.7 Å². The molecule has 0 atom stereocenters. The summed E-state index contributed by atoms with van der Waals surface area (Å²) in [5.74, 6) is 1.82. The van der Waals surface area contributed by atoms with Crippen LogP contribution in [0, 0.1) is 0 Å². The molecule has 2 aliphatic heterocycles. The molecule has 2 aliphatic carbocycles. The van der Waals surface area contributed by atoms with Crippen molar-refractivity contribution in [2.75, 3.05) is 9.80 Å². The molecule has 4 aliphatic rings. The fourth-order valence-corrected chi connectivity index (χ4v) is 15.1. The topological polar surface area (TPSA) is 32.3 Å². The van der Waals surface area contributed by atoms with E-state index in [1.165, 1.54) is 159 Å². The van der Waals surface area contributed by atoms with Crippen LogP contribution in [0.4, 0.5) is 34.1 Å². The fourth-order valence-electron chi connectivity index (χ4n) is 15.1. The zero-order valence-electron chi connectivity index (χ0n) is 56.1. The molecule has 2 fully saturated rings. The largest absolute Gasteiger partial charge is 0.311 e. The van der Waals surface area contributed by atoms with Crippen LogP contribution in [0.2, 0.25) is 0 Å². The fraction of sp³-hybridized carbons (Fsp3) is 0.326. The van der Waals surface area contributed by atoms with Gasteiger partial charge in [-0.3, -0.25) is 0 Å². The van der Waals surface area contributed by atoms with E-state index in [1.807, 2.05) is 0 Å². The van der Waals surface area contributed by atoms with E-state index in [0.717, 1.165) is 45.3 Å². The summed E-state index contributed by atoms with van der Waals surface area (Å²) in [5.41, 5.74) is 28.8. The third-order valence-corrected chi connectivity index (χ3v) is 20.6. The quantitative estimate of drug-likeness (QED) is 0.135. The summed E-state index contributed by atoms with van der Waals surface area (Å²) in [6, 6.07) is 77.5. The van der Waals surface area contributed by atoms with Crippen LogP contribution in [0.1, 0.15) is 193 Å². The summed E-state index contributed by atoms with van der Waals surface area (Å²) in [5, 5.41) is 0. The molecule has 5 heteroatoms. The first-order valence-corrected chi connectivity index (χ1v) is 34.2. The van der Waals surface area contributed by atoms with E-state index < -0.39 is 0 Å². The Morgan fingerprint density at radius 2 is 0.670 bits per heavy atom. The van der Waals surface area contributed by atoms with Gasteiger partial charge in [-0.25, -0.2) is 9.97 Å². The molecule has 0 spiro atoms. The molecule has 91 heavy (non-hydrogen) atoms. The minimum absolute atomic E-state index is 0.0285. The van der Waals surface area contributed by atoms with Crippen molar-refractivity contribution < 1.29 is 0 Å². The molecule has 0 amide bonds. The highest BCUT2D eigenvalue weighted by Gasteiger charge is 2.45. The lowest BCUT2D eigenvalue weighted by Crippen LogP contribution is -2.61. The Morgan fingerprint density at radius 3 is 1.04 bits per heavy atom. The lowest BCUT2D eigenvalue weighted by Gasteiger charge is -2.45. The molecule has 0 unspecified atom stereocenters. The van der Waals surface area contributed by atoms with Gasteiger partial charge in [-0.2, -0.15) is 0 Å². The van der Waals surface area contributed by atoms with Crippen LogP contribution >= 0.6 is 0 Å². The molecular weight excluding hydrogens is 1100 g/mol. The lowest BCUT2D eigenvalue weighted by atomic mass is 9.33. The predicted molar refractivity (Wildman–Crippen MR) is 390 cm³/mol. The normalized spacial score (nSPS) is 15.5. The van der Waals surface area contributed by atoms with Crippen LogP contribution < -0.4 is 26.2 Å². The maximum Gasteiger partial charge on any atom is 0.252 e. The maximum absolute atomic E-state index is 5.90. The van der Waals surface area contributed by atoms with Gasteiger partial charge < -0.3 is 9.80 Å². The van der Waals surface area contributed by atoms with Gasteiger partial charge in [-0.15, -0.1) is 0 Å². The number of benzene rings is 9. The van der Waals surface area contributed by atoms with Gasteiger partial charge in [-0.1, -0.05) is 243 Å². The minimum Gasteiger partial charge on any atom is -0.311 e. The van der Waals surface area contributed by atoms with Gasteiger partial charge in [0.2, 0.25) is 0 Å². The predicted octanol–water partition coefficient (Wildman–Crippen LogP) is 22.2. The summed E-state index contributed by atoms with van der Waals surface area (Å²) in [7, 11) is 0. The smallest absolute Gasteiger partial charge is 0.252 e. The van der Waals surface area contributed by atoms with Crippen LogP contribution in [0.3, 0.4) is 0 Å². The van der Waals surface area contributed by atoms with Crippen molar-refractivity contribution in [1.82, 2.24) is 9.97 Å². The van der Waals surface area contributed by atoms with E-state index >= 15 is 0 Å². The van der Waals surface area contributed by atoms with Crippen molar-refractivity contribution >= 4 is 57.2 Å². The van der Waals surface area contributed by atoms with Gasteiger partial charge in [0.25, 0.3) is 6.71 Å². The van der Waals surface area contributed by atoms with E-state index in [4.69, 9.17) is 9.97 Å². The van der Waals surface area contributed by atoms with Crippen molar-refractivity contribution in [1.29, 1.82) is 0 Å². The van der Waals surface area contributed by atoms with Crippen molar-refractivity contribution in [2.45, 2.75) is 181 Å². The van der Waals surface area contributed by atoms with Gasteiger partial charge in [0.15, 0.2) is 5.82 Å². The van der Waals surface area contributed by atoms with E-state index in [-0.39, 0.29) is 28.4 Å². The molecule has 14 rings (SSSR count). The first kappa shape index (κ1) is 60.3. The van der Waals surface area contributed by atoms with Gasteiger partial charge in [-0.05, 0) is 210 Å². The number of fused-ring (bicyclic) bond motifs is 4. The van der Waals surface area contributed by atoms with E-state index in [9.17, 15) is 0 Å². The van der Waals surface area contributed by atoms with Gasteiger partial charge >= 0.3 is 0 Å². The zero-order valence-corrected chi connectivity index (χ0v) is 56.1. The number of nitrogens with zero attached hydrogens (tertiary/aromatic N) is 4. The number of aromatic nitrogens is 2. The molecular formula is C86H91BN4. The van der Waals surface area contributed by atoms with E-state index in [0.29, 0.717) is 11.8 Å². The van der Waals surface area contributed by atoms with Crippen molar-refractivity contribution in [3.63, 3.8) is 0 Å².